The summed E-state index contributed by atoms with van der Waals surface area (Å²) in [5, 5.41) is 4.54. The molecular weight excluding hydrogens is 349 g/mol. The van der Waals surface area contributed by atoms with Gasteiger partial charge in [0.05, 0.1) is 29.9 Å². The summed E-state index contributed by atoms with van der Waals surface area (Å²) in [7, 11) is 1.55. The molecule has 0 aliphatic heterocycles. The van der Waals surface area contributed by atoms with Crippen molar-refractivity contribution in [1.29, 1.82) is 0 Å². The van der Waals surface area contributed by atoms with Gasteiger partial charge in [-0.1, -0.05) is 6.07 Å². The molecule has 0 radical (unpaired) electrons. The summed E-state index contributed by atoms with van der Waals surface area (Å²) in [6.45, 7) is 1.59. The zero-order chi connectivity index (χ0) is 19.0. The summed E-state index contributed by atoms with van der Waals surface area (Å²) in [5.74, 6) is 1.27. The number of ether oxygens (including phenoxy) is 1. The van der Waals surface area contributed by atoms with Crippen LogP contribution in [0.2, 0.25) is 0 Å². The summed E-state index contributed by atoms with van der Waals surface area (Å²) in [5.41, 5.74) is 1.55. The number of aryl methyl sites for hydroxylation is 1. The number of benzene rings is 1. The third kappa shape index (κ3) is 3.29. The first-order valence-electron chi connectivity index (χ1n) is 8.27. The molecule has 0 aliphatic carbocycles. The SMILES string of the molecule is COc1ccc2nc(Cc3ccc(-n4cc(F)c(C)n4)nc3)[nH]c(=O)c2c1. The number of hydrogen-bond acceptors (Lipinski definition) is 5. The van der Waals surface area contributed by atoms with Crippen molar-refractivity contribution in [3.8, 4) is 11.6 Å². The summed E-state index contributed by atoms with van der Waals surface area (Å²) in [6, 6.07) is 8.76. The van der Waals surface area contributed by atoms with Crippen LogP contribution in [0.1, 0.15) is 17.1 Å². The van der Waals surface area contributed by atoms with E-state index in [4.69, 9.17) is 4.74 Å². The van der Waals surface area contributed by atoms with Crippen molar-refractivity contribution in [2.75, 3.05) is 7.11 Å². The van der Waals surface area contributed by atoms with Gasteiger partial charge in [-0.3, -0.25) is 4.79 Å². The molecule has 0 unspecified atom stereocenters. The quantitative estimate of drug-likeness (QED) is 0.601. The molecule has 27 heavy (non-hydrogen) atoms. The van der Waals surface area contributed by atoms with E-state index in [1.807, 2.05) is 6.07 Å². The predicted molar refractivity (Wildman–Crippen MR) is 97.8 cm³/mol. The molecule has 4 rings (SSSR count). The molecule has 3 aromatic heterocycles. The van der Waals surface area contributed by atoms with Gasteiger partial charge in [0.1, 0.15) is 11.6 Å². The van der Waals surface area contributed by atoms with Crippen LogP contribution in [0.5, 0.6) is 5.75 Å². The topological polar surface area (TPSA) is 85.7 Å². The maximum Gasteiger partial charge on any atom is 0.258 e. The first-order chi connectivity index (χ1) is 13.0. The fraction of sp³-hybridized carbons (Fsp3) is 0.158. The largest absolute Gasteiger partial charge is 0.497 e. The molecule has 0 aliphatic rings. The number of methoxy groups -OCH3 is 1. The Morgan fingerprint density at radius 3 is 2.78 bits per heavy atom. The highest BCUT2D eigenvalue weighted by molar-refractivity contribution is 5.79. The number of pyridine rings is 1. The second-order valence-corrected chi connectivity index (χ2v) is 6.10. The molecule has 0 atom stereocenters. The van der Waals surface area contributed by atoms with Crippen LogP contribution in [0.15, 0.2) is 47.5 Å². The molecule has 0 spiro atoms. The van der Waals surface area contributed by atoms with Crippen molar-refractivity contribution in [2.24, 2.45) is 0 Å². The highest BCUT2D eigenvalue weighted by Gasteiger charge is 2.09. The van der Waals surface area contributed by atoms with Crippen molar-refractivity contribution < 1.29 is 9.13 Å². The molecule has 136 valence electrons. The van der Waals surface area contributed by atoms with Gasteiger partial charge in [0.15, 0.2) is 11.6 Å². The Morgan fingerprint density at radius 2 is 2.11 bits per heavy atom. The molecule has 4 aromatic rings. The summed E-state index contributed by atoms with van der Waals surface area (Å²) >= 11 is 0. The van der Waals surface area contributed by atoms with Gasteiger partial charge in [-0.2, -0.15) is 5.10 Å². The lowest BCUT2D eigenvalue weighted by molar-refractivity contribution is 0.415. The molecule has 0 saturated carbocycles. The predicted octanol–water partition coefficient (Wildman–Crippen LogP) is 2.55. The smallest absolute Gasteiger partial charge is 0.258 e. The van der Waals surface area contributed by atoms with E-state index in [9.17, 15) is 9.18 Å². The summed E-state index contributed by atoms with van der Waals surface area (Å²) in [6.07, 6.45) is 3.35. The van der Waals surface area contributed by atoms with E-state index in [1.165, 1.54) is 10.9 Å². The molecule has 0 fully saturated rings. The average Bonchev–Trinajstić information content (AvgIpc) is 3.01. The van der Waals surface area contributed by atoms with Crippen LogP contribution in [0, 0.1) is 12.7 Å². The fourth-order valence-electron chi connectivity index (χ4n) is 2.78. The minimum atomic E-state index is -0.379. The molecule has 1 N–H and O–H groups in total. The zero-order valence-corrected chi connectivity index (χ0v) is 14.7. The number of nitrogens with zero attached hydrogens (tertiary/aromatic N) is 4. The van der Waals surface area contributed by atoms with Gasteiger partial charge in [0.25, 0.3) is 5.56 Å². The van der Waals surface area contributed by atoms with E-state index < -0.39 is 0 Å². The van der Waals surface area contributed by atoms with Gasteiger partial charge in [0.2, 0.25) is 0 Å². The zero-order valence-electron chi connectivity index (χ0n) is 14.7. The monoisotopic (exact) mass is 365 g/mol. The normalized spacial score (nSPS) is 11.1. The third-order valence-electron chi connectivity index (χ3n) is 4.22. The number of nitrogens with one attached hydrogen (secondary N) is 1. The lowest BCUT2D eigenvalue weighted by atomic mass is 10.2. The van der Waals surface area contributed by atoms with Gasteiger partial charge in [-0.25, -0.2) is 19.0 Å². The average molecular weight is 365 g/mol. The van der Waals surface area contributed by atoms with Crippen LogP contribution in [-0.4, -0.2) is 31.8 Å². The summed E-state index contributed by atoms with van der Waals surface area (Å²) in [4.78, 5) is 23.9. The number of aromatic nitrogens is 5. The van der Waals surface area contributed by atoms with Crippen LogP contribution >= 0.6 is 0 Å². The number of H-pyrrole nitrogens is 1. The van der Waals surface area contributed by atoms with Crippen LogP contribution in [0.3, 0.4) is 0 Å². The Balaban J connectivity index is 1.61. The highest BCUT2D eigenvalue weighted by atomic mass is 19.1. The van der Waals surface area contributed by atoms with Gasteiger partial charge in [0, 0.05) is 12.6 Å². The van der Waals surface area contributed by atoms with Crippen LogP contribution in [-0.2, 0) is 6.42 Å². The molecule has 8 heteroatoms. The minimum absolute atomic E-state index is 0.221. The highest BCUT2D eigenvalue weighted by Crippen LogP contribution is 2.17. The molecular formula is C19H16FN5O2. The van der Waals surface area contributed by atoms with E-state index in [0.29, 0.717) is 40.4 Å². The summed E-state index contributed by atoms with van der Waals surface area (Å²) < 4.78 is 20.0. The minimum Gasteiger partial charge on any atom is -0.497 e. The lowest BCUT2D eigenvalue weighted by Crippen LogP contribution is -2.12. The van der Waals surface area contributed by atoms with Crippen LogP contribution < -0.4 is 10.3 Å². The van der Waals surface area contributed by atoms with E-state index in [0.717, 1.165) is 5.56 Å². The van der Waals surface area contributed by atoms with Crippen LogP contribution in [0.4, 0.5) is 4.39 Å². The van der Waals surface area contributed by atoms with Crippen molar-refractivity contribution in [3.63, 3.8) is 0 Å². The standard InChI is InChI=1S/C19H16FN5O2/c1-11-15(20)10-25(24-11)18-6-3-12(9-21-18)7-17-22-16-5-4-13(27-2)8-14(16)19(26)23-17/h3-6,8-10H,7H2,1-2H3,(H,22,23,26). The maximum atomic E-state index is 13.4. The van der Waals surface area contributed by atoms with Gasteiger partial charge < -0.3 is 9.72 Å². The molecule has 7 nitrogen and oxygen atoms in total. The number of hydrogen-bond donors (Lipinski definition) is 1. The first kappa shape index (κ1) is 16.9. The molecule has 1 aromatic carbocycles. The lowest BCUT2D eigenvalue weighted by Gasteiger charge is -2.06. The second-order valence-electron chi connectivity index (χ2n) is 6.10. The first-order valence-corrected chi connectivity index (χ1v) is 8.27. The molecule has 0 bridgehead atoms. The number of aromatic amines is 1. The van der Waals surface area contributed by atoms with E-state index in [-0.39, 0.29) is 11.4 Å². The van der Waals surface area contributed by atoms with E-state index in [1.54, 1.807) is 44.5 Å². The van der Waals surface area contributed by atoms with Gasteiger partial charge >= 0.3 is 0 Å². The molecule has 3 heterocycles. The van der Waals surface area contributed by atoms with Crippen molar-refractivity contribution in [2.45, 2.75) is 13.3 Å². The Hall–Kier alpha value is -3.55. The van der Waals surface area contributed by atoms with Crippen molar-refractivity contribution >= 4 is 10.9 Å². The van der Waals surface area contributed by atoms with Crippen molar-refractivity contribution in [3.05, 3.63) is 76.0 Å². The second kappa shape index (κ2) is 6.64. The molecule has 0 saturated heterocycles. The van der Waals surface area contributed by atoms with Crippen LogP contribution in [0.25, 0.3) is 16.7 Å². The Labute approximate surface area is 153 Å². The Kier molecular flexibility index (Phi) is 4.15. The number of fused-ring (bicyclic) bond motifs is 1. The van der Waals surface area contributed by atoms with Gasteiger partial charge in [-0.05, 0) is 36.8 Å². The Morgan fingerprint density at radius 1 is 1.26 bits per heavy atom. The maximum absolute atomic E-state index is 13.4. The number of halogens is 1. The fourth-order valence-corrected chi connectivity index (χ4v) is 2.78. The molecule has 0 amide bonds. The third-order valence-corrected chi connectivity index (χ3v) is 4.22. The van der Waals surface area contributed by atoms with Gasteiger partial charge in [-0.15, -0.1) is 0 Å². The van der Waals surface area contributed by atoms with E-state index in [2.05, 4.69) is 20.1 Å². The number of rotatable bonds is 4. The van der Waals surface area contributed by atoms with E-state index >= 15 is 0 Å². The Bertz CT molecular complexity index is 1160. The van der Waals surface area contributed by atoms with Crippen molar-refractivity contribution in [1.82, 2.24) is 24.7 Å².